The monoisotopic (exact) mass is 415 g/mol. The van der Waals surface area contributed by atoms with E-state index in [1.54, 1.807) is 28.6 Å². The average Bonchev–Trinajstić information content (AvgIpc) is 3.29. The van der Waals surface area contributed by atoms with Gasteiger partial charge in [-0.05, 0) is 55.5 Å². The van der Waals surface area contributed by atoms with E-state index >= 15 is 0 Å². The largest absolute Gasteiger partial charge is 0.385 e. The molecule has 0 radical (unpaired) electrons. The fourth-order valence-electron chi connectivity index (χ4n) is 3.36. The molecule has 0 atom stereocenters. The number of nitrogens with zero attached hydrogens (tertiary/aromatic N) is 1. The number of para-hydroxylation sites is 1. The molecule has 1 aliphatic rings. The van der Waals surface area contributed by atoms with E-state index in [1.807, 2.05) is 30.3 Å². The first-order chi connectivity index (χ1) is 14.1. The molecule has 0 spiro atoms. The van der Waals surface area contributed by atoms with Gasteiger partial charge in [-0.3, -0.25) is 4.79 Å². The van der Waals surface area contributed by atoms with Crippen LogP contribution in [0.2, 0.25) is 0 Å². The van der Waals surface area contributed by atoms with Gasteiger partial charge in [-0.15, -0.1) is 0 Å². The Labute approximate surface area is 173 Å². The summed E-state index contributed by atoms with van der Waals surface area (Å²) in [5.41, 5.74) is 2.04. The Morgan fingerprint density at radius 3 is 2.31 bits per heavy atom. The first-order valence-corrected chi connectivity index (χ1v) is 11.6. The predicted octanol–water partition coefficient (Wildman–Crippen LogP) is 3.02. The minimum atomic E-state index is -3.38. The number of amides is 1. The number of aryl methyl sites for hydroxylation is 1. The zero-order valence-corrected chi connectivity index (χ0v) is 17.5. The van der Waals surface area contributed by atoms with Crippen LogP contribution in [0.15, 0.2) is 59.5 Å². The molecule has 156 valence electrons. The highest BCUT2D eigenvalue weighted by molar-refractivity contribution is 7.89. The number of rotatable bonds is 10. The van der Waals surface area contributed by atoms with E-state index in [1.165, 1.54) is 0 Å². The summed E-state index contributed by atoms with van der Waals surface area (Å²) in [6.07, 6.45) is 3.69. The molecule has 7 heteroatoms. The third kappa shape index (κ3) is 6.30. The molecule has 2 aromatic carbocycles. The second-order valence-corrected chi connectivity index (χ2v) is 9.19. The van der Waals surface area contributed by atoms with Crippen LogP contribution in [0.4, 0.5) is 5.69 Å². The van der Waals surface area contributed by atoms with Crippen molar-refractivity contribution in [2.45, 2.75) is 37.0 Å². The Hall–Kier alpha value is -2.38. The predicted molar refractivity (Wildman–Crippen MR) is 115 cm³/mol. The highest BCUT2D eigenvalue weighted by Crippen LogP contribution is 2.21. The summed E-state index contributed by atoms with van der Waals surface area (Å²) in [6.45, 7) is 2.64. The Kier molecular flexibility index (Phi) is 7.66. The van der Waals surface area contributed by atoms with Crippen molar-refractivity contribution in [3.8, 4) is 0 Å². The maximum atomic E-state index is 12.5. The summed E-state index contributed by atoms with van der Waals surface area (Å²) < 4.78 is 26.6. The fourth-order valence-corrected chi connectivity index (χ4v) is 4.87. The fraction of sp³-hybridized carbons (Fsp3) is 0.409. The number of benzene rings is 2. The van der Waals surface area contributed by atoms with Crippen molar-refractivity contribution in [2.24, 2.45) is 0 Å². The SMILES string of the molecule is O=C(CCc1ccc(S(=O)(=O)N2CCCC2)cc1)NCCCNc1ccccc1. The molecule has 1 saturated heterocycles. The van der Waals surface area contributed by atoms with Crippen molar-refractivity contribution in [3.05, 3.63) is 60.2 Å². The smallest absolute Gasteiger partial charge is 0.243 e. The number of carbonyl (C=O) groups excluding carboxylic acids is 1. The molecule has 2 aromatic rings. The topological polar surface area (TPSA) is 78.5 Å². The second kappa shape index (κ2) is 10.4. The third-order valence-electron chi connectivity index (χ3n) is 5.05. The molecule has 0 aliphatic carbocycles. The zero-order valence-electron chi connectivity index (χ0n) is 16.6. The lowest BCUT2D eigenvalue weighted by Crippen LogP contribution is -2.27. The van der Waals surface area contributed by atoms with Crippen LogP contribution in [0.5, 0.6) is 0 Å². The summed E-state index contributed by atoms with van der Waals surface area (Å²) in [6, 6.07) is 16.9. The molecule has 1 aliphatic heterocycles. The van der Waals surface area contributed by atoms with Crippen LogP contribution in [-0.2, 0) is 21.2 Å². The van der Waals surface area contributed by atoms with Gasteiger partial charge in [0, 0.05) is 38.3 Å². The van der Waals surface area contributed by atoms with Gasteiger partial charge in [-0.1, -0.05) is 30.3 Å². The quantitative estimate of drug-likeness (QED) is 0.585. The molecule has 2 N–H and O–H groups in total. The van der Waals surface area contributed by atoms with Crippen LogP contribution in [-0.4, -0.2) is 44.8 Å². The average molecular weight is 416 g/mol. The molecule has 1 heterocycles. The van der Waals surface area contributed by atoms with Gasteiger partial charge in [0.25, 0.3) is 0 Å². The molecule has 1 amide bonds. The summed E-state index contributed by atoms with van der Waals surface area (Å²) >= 11 is 0. The highest BCUT2D eigenvalue weighted by Gasteiger charge is 2.26. The van der Waals surface area contributed by atoms with Gasteiger partial charge in [0.1, 0.15) is 0 Å². The van der Waals surface area contributed by atoms with Gasteiger partial charge in [0.2, 0.25) is 15.9 Å². The number of anilines is 1. The molecule has 0 bridgehead atoms. The minimum Gasteiger partial charge on any atom is -0.385 e. The van der Waals surface area contributed by atoms with Gasteiger partial charge in [-0.25, -0.2) is 8.42 Å². The third-order valence-corrected chi connectivity index (χ3v) is 6.96. The van der Waals surface area contributed by atoms with E-state index in [2.05, 4.69) is 10.6 Å². The lowest BCUT2D eigenvalue weighted by molar-refractivity contribution is -0.121. The standard InChI is InChI=1S/C22H29N3O3S/c26-22(24-16-6-15-23-20-7-2-1-3-8-20)14-11-19-9-12-21(13-10-19)29(27,28)25-17-4-5-18-25/h1-3,7-10,12-13,23H,4-6,11,14-18H2,(H,24,26). The summed E-state index contributed by atoms with van der Waals surface area (Å²) in [4.78, 5) is 12.3. The molecule has 6 nitrogen and oxygen atoms in total. The van der Waals surface area contributed by atoms with E-state index in [4.69, 9.17) is 0 Å². The number of hydrogen-bond donors (Lipinski definition) is 2. The van der Waals surface area contributed by atoms with Gasteiger partial charge >= 0.3 is 0 Å². The van der Waals surface area contributed by atoms with Crippen LogP contribution in [0, 0.1) is 0 Å². The van der Waals surface area contributed by atoms with E-state index < -0.39 is 10.0 Å². The normalized spacial score (nSPS) is 14.6. The van der Waals surface area contributed by atoms with Crippen molar-refractivity contribution >= 4 is 21.6 Å². The van der Waals surface area contributed by atoms with Crippen LogP contribution in [0.25, 0.3) is 0 Å². The van der Waals surface area contributed by atoms with E-state index in [0.29, 0.717) is 37.4 Å². The molecule has 1 fully saturated rings. The van der Waals surface area contributed by atoms with Crippen LogP contribution in [0.3, 0.4) is 0 Å². The molecule has 0 aromatic heterocycles. The molecule has 29 heavy (non-hydrogen) atoms. The maximum Gasteiger partial charge on any atom is 0.243 e. The molecule has 0 saturated carbocycles. The Morgan fingerprint density at radius 1 is 0.931 bits per heavy atom. The van der Waals surface area contributed by atoms with Gasteiger partial charge in [0.15, 0.2) is 0 Å². The van der Waals surface area contributed by atoms with E-state index in [-0.39, 0.29) is 5.91 Å². The van der Waals surface area contributed by atoms with Gasteiger partial charge in [0.05, 0.1) is 4.90 Å². The molecular formula is C22H29N3O3S. The summed E-state index contributed by atoms with van der Waals surface area (Å²) in [5, 5.41) is 6.24. The summed E-state index contributed by atoms with van der Waals surface area (Å²) in [7, 11) is -3.38. The van der Waals surface area contributed by atoms with Crippen molar-refractivity contribution in [1.29, 1.82) is 0 Å². The lowest BCUT2D eigenvalue weighted by atomic mass is 10.1. The maximum absolute atomic E-state index is 12.5. The van der Waals surface area contributed by atoms with E-state index in [9.17, 15) is 13.2 Å². The second-order valence-electron chi connectivity index (χ2n) is 7.25. The van der Waals surface area contributed by atoms with Gasteiger partial charge in [-0.2, -0.15) is 4.31 Å². The molecule has 0 unspecified atom stereocenters. The van der Waals surface area contributed by atoms with Gasteiger partial charge < -0.3 is 10.6 Å². The molecular weight excluding hydrogens is 386 g/mol. The van der Waals surface area contributed by atoms with Crippen LogP contribution >= 0.6 is 0 Å². The first kappa shape index (κ1) is 21.3. The van der Waals surface area contributed by atoms with E-state index in [0.717, 1.165) is 37.1 Å². The number of carbonyl (C=O) groups is 1. The lowest BCUT2D eigenvalue weighted by Gasteiger charge is -2.15. The minimum absolute atomic E-state index is 0.0125. The Morgan fingerprint density at radius 2 is 1.62 bits per heavy atom. The Bertz CT molecular complexity index is 877. The highest BCUT2D eigenvalue weighted by atomic mass is 32.2. The first-order valence-electron chi connectivity index (χ1n) is 10.2. The summed E-state index contributed by atoms with van der Waals surface area (Å²) in [5.74, 6) is 0.0125. The zero-order chi connectivity index (χ0) is 20.5. The molecule has 3 rings (SSSR count). The Balaban J connectivity index is 1.35. The number of sulfonamides is 1. The van der Waals surface area contributed by atoms with Crippen LogP contribution < -0.4 is 10.6 Å². The van der Waals surface area contributed by atoms with Crippen molar-refractivity contribution in [2.75, 3.05) is 31.5 Å². The van der Waals surface area contributed by atoms with Crippen molar-refractivity contribution < 1.29 is 13.2 Å². The number of hydrogen-bond acceptors (Lipinski definition) is 4. The van der Waals surface area contributed by atoms with Crippen molar-refractivity contribution in [1.82, 2.24) is 9.62 Å². The number of nitrogens with one attached hydrogen (secondary N) is 2. The van der Waals surface area contributed by atoms with Crippen molar-refractivity contribution in [3.63, 3.8) is 0 Å². The van der Waals surface area contributed by atoms with Crippen LogP contribution in [0.1, 0.15) is 31.2 Å².